The zero-order chi connectivity index (χ0) is 10.6. The molecule has 3 unspecified atom stereocenters. The first kappa shape index (κ1) is 11.4. The van der Waals surface area contributed by atoms with Gasteiger partial charge in [-0.25, -0.2) is 4.79 Å². The highest BCUT2D eigenvalue weighted by Gasteiger charge is 2.33. The van der Waals surface area contributed by atoms with Crippen LogP contribution in [0.5, 0.6) is 0 Å². The molecule has 0 aromatic heterocycles. The van der Waals surface area contributed by atoms with E-state index in [1.165, 1.54) is 0 Å². The van der Waals surface area contributed by atoms with Crippen LogP contribution < -0.4 is 0 Å². The summed E-state index contributed by atoms with van der Waals surface area (Å²) in [6.45, 7) is 1.81. The number of hydrogen-bond donors (Lipinski definition) is 2. The summed E-state index contributed by atoms with van der Waals surface area (Å²) in [7, 11) is 0. The van der Waals surface area contributed by atoms with Crippen LogP contribution in [0.3, 0.4) is 0 Å². The van der Waals surface area contributed by atoms with Crippen molar-refractivity contribution >= 4 is 5.97 Å². The van der Waals surface area contributed by atoms with Crippen molar-refractivity contribution in [2.75, 3.05) is 13.2 Å². The molecule has 2 N–H and O–H groups in total. The Kier molecular flexibility index (Phi) is 4.31. The summed E-state index contributed by atoms with van der Waals surface area (Å²) >= 11 is 0. The fourth-order valence-corrected chi connectivity index (χ4v) is 1.49. The van der Waals surface area contributed by atoms with Crippen molar-refractivity contribution in [2.24, 2.45) is 0 Å². The lowest BCUT2D eigenvalue weighted by Gasteiger charge is -2.30. The third-order valence-electron chi connectivity index (χ3n) is 2.13. The van der Waals surface area contributed by atoms with Crippen molar-refractivity contribution in [3.63, 3.8) is 0 Å². The molecule has 5 nitrogen and oxygen atoms in total. The molecule has 5 heteroatoms. The Bertz CT molecular complexity index is 194. The maximum Gasteiger partial charge on any atom is 0.335 e. The van der Waals surface area contributed by atoms with E-state index in [0.717, 1.165) is 0 Å². The van der Waals surface area contributed by atoms with Gasteiger partial charge in [0.15, 0.2) is 6.10 Å². The number of ether oxygens (including phenoxy) is 2. The van der Waals surface area contributed by atoms with Gasteiger partial charge in [-0.15, -0.1) is 0 Å². The Morgan fingerprint density at radius 3 is 2.86 bits per heavy atom. The standard InChI is InChI=1S/C9H16O5/c1-2-13-9(12)8-4-6(11)3-7(5-10)14-8/h6-8,10-11H,2-5H2,1H3. The normalized spacial score (nSPS) is 32.6. The number of carbonyl (C=O) groups is 1. The van der Waals surface area contributed by atoms with Crippen LogP contribution in [0.15, 0.2) is 0 Å². The number of esters is 1. The highest BCUT2D eigenvalue weighted by Crippen LogP contribution is 2.20. The molecular weight excluding hydrogens is 188 g/mol. The monoisotopic (exact) mass is 204 g/mol. The Morgan fingerprint density at radius 2 is 2.29 bits per heavy atom. The van der Waals surface area contributed by atoms with Crippen LogP contribution in [0.25, 0.3) is 0 Å². The number of hydrogen-bond acceptors (Lipinski definition) is 5. The predicted molar refractivity (Wildman–Crippen MR) is 47.6 cm³/mol. The summed E-state index contributed by atoms with van der Waals surface area (Å²) in [6, 6.07) is 0. The third-order valence-corrected chi connectivity index (χ3v) is 2.13. The molecular formula is C9H16O5. The summed E-state index contributed by atoms with van der Waals surface area (Å²) in [5.74, 6) is -0.468. The number of carbonyl (C=O) groups excluding carboxylic acids is 1. The Balaban J connectivity index is 2.48. The van der Waals surface area contributed by atoms with Gasteiger partial charge < -0.3 is 19.7 Å². The van der Waals surface area contributed by atoms with Crippen LogP contribution in [-0.4, -0.2) is 47.7 Å². The van der Waals surface area contributed by atoms with E-state index in [0.29, 0.717) is 13.0 Å². The van der Waals surface area contributed by atoms with Gasteiger partial charge in [0.25, 0.3) is 0 Å². The van der Waals surface area contributed by atoms with Gasteiger partial charge >= 0.3 is 5.97 Å². The SMILES string of the molecule is CCOC(=O)C1CC(O)CC(CO)O1. The first-order valence-electron chi connectivity index (χ1n) is 4.78. The fraction of sp³-hybridized carbons (Fsp3) is 0.889. The van der Waals surface area contributed by atoms with Gasteiger partial charge in [-0.3, -0.25) is 0 Å². The highest BCUT2D eigenvalue weighted by molar-refractivity contribution is 5.74. The van der Waals surface area contributed by atoms with Gasteiger partial charge in [0.2, 0.25) is 0 Å². The van der Waals surface area contributed by atoms with Crippen LogP contribution >= 0.6 is 0 Å². The molecule has 0 aromatic rings. The molecule has 0 aromatic carbocycles. The maximum atomic E-state index is 11.3. The van der Waals surface area contributed by atoms with Gasteiger partial charge in [0, 0.05) is 12.8 Å². The molecule has 1 fully saturated rings. The van der Waals surface area contributed by atoms with Crippen LogP contribution in [0.1, 0.15) is 19.8 Å². The molecule has 14 heavy (non-hydrogen) atoms. The van der Waals surface area contributed by atoms with Crippen molar-refractivity contribution in [1.29, 1.82) is 0 Å². The summed E-state index contributed by atoms with van der Waals surface area (Å²) < 4.78 is 10.0. The van der Waals surface area contributed by atoms with Crippen molar-refractivity contribution < 1.29 is 24.5 Å². The van der Waals surface area contributed by atoms with E-state index in [2.05, 4.69) is 0 Å². The maximum absolute atomic E-state index is 11.3. The fourth-order valence-electron chi connectivity index (χ4n) is 1.49. The quantitative estimate of drug-likeness (QED) is 0.603. The average Bonchev–Trinajstić information content (AvgIpc) is 2.17. The molecule has 0 spiro atoms. The van der Waals surface area contributed by atoms with E-state index in [1.54, 1.807) is 6.92 Å². The molecule has 1 aliphatic rings. The van der Waals surface area contributed by atoms with Gasteiger partial charge in [0.1, 0.15) is 0 Å². The summed E-state index contributed by atoms with van der Waals surface area (Å²) in [5.41, 5.74) is 0. The van der Waals surface area contributed by atoms with Gasteiger partial charge in [-0.2, -0.15) is 0 Å². The molecule has 0 amide bonds. The van der Waals surface area contributed by atoms with Crippen LogP contribution in [0.2, 0.25) is 0 Å². The largest absolute Gasteiger partial charge is 0.464 e. The first-order valence-corrected chi connectivity index (χ1v) is 4.78. The van der Waals surface area contributed by atoms with Gasteiger partial charge in [-0.05, 0) is 6.92 Å². The van der Waals surface area contributed by atoms with Gasteiger partial charge in [0.05, 0.1) is 25.4 Å². The van der Waals surface area contributed by atoms with E-state index in [-0.39, 0.29) is 13.0 Å². The van der Waals surface area contributed by atoms with Crippen LogP contribution in [0.4, 0.5) is 0 Å². The molecule has 82 valence electrons. The second-order valence-corrected chi connectivity index (χ2v) is 3.31. The second-order valence-electron chi connectivity index (χ2n) is 3.31. The summed E-state index contributed by atoms with van der Waals surface area (Å²) in [5, 5.41) is 18.2. The second kappa shape index (κ2) is 5.29. The Morgan fingerprint density at radius 1 is 1.57 bits per heavy atom. The Labute approximate surface area is 82.6 Å². The molecule has 0 bridgehead atoms. The van der Waals surface area contributed by atoms with Crippen molar-refractivity contribution in [3.05, 3.63) is 0 Å². The molecule has 0 aliphatic carbocycles. The zero-order valence-electron chi connectivity index (χ0n) is 8.18. The summed E-state index contributed by atoms with van der Waals surface area (Å²) in [4.78, 5) is 11.3. The molecule has 3 atom stereocenters. The van der Waals surface area contributed by atoms with E-state index >= 15 is 0 Å². The minimum Gasteiger partial charge on any atom is -0.464 e. The van der Waals surface area contributed by atoms with E-state index in [4.69, 9.17) is 14.6 Å². The lowest BCUT2D eigenvalue weighted by atomic mass is 10.0. The predicted octanol–water partition coefficient (Wildman–Crippen LogP) is -0.550. The minimum atomic E-state index is -0.740. The molecule has 1 saturated heterocycles. The number of rotatable bonds is 3. The zero-order valence-corrected chi connectivity index (χ0v) is 8.18. The molecule has 0 saturated carbocycles. The van der Waals surface area contributed by atoms with Crippen molar-refractivity contribution in [1.82, 2.24) is 0 Å². The number of aliphatic hydroxyl groups excluding tert-OH is 2. The minimum absolute atomic E-state index is 0.188. The lowest BCUT2D eigenvalue weighted by molar-refractivity contribution is -0.174. The van der Waals surface area contributed by atoms with E-state index < -0.39 is 24.3 Å². The lowest BCUT2D eigenvalue weighted by Crippen LogP contribution is -2.42. The van der Waals surface area contributed by atoms with Crippen LogP contribution in [0, 0.1) is 0 Å². The molecule has 1 heterocycles. The molecule has 1 aliphatic heterocycles. The first-order chi connectivity index (χ1) is 6.67. The number of aliphatic hydroxyl groups is 2. The van der Waals surface area contributed by atoms with Crippen LogP contribution in [-0.2, 0) is 14.3 Å². The Hall–Kier alpha value is -0.650. The van der Waals surface area contributed by atoms with Crippen molar-refractivity contribution in [2.45, 2.75) is 38.1 Å². The van der Waals surface area contributed by atoms with E-state index in [1.807, 2.05) is 0 Å². The molecule has 0 radical (unpaired) electrons. The average molecular weight is 204 g/mol. The van der Waals surface area contributed by atoms with Crippen molar-refractivity contribution in [3.8, 4) is 0 Å². The summed E-state index contributed by atoms with van der Waals surface area (Å²) in [6.07, 6.45) is -1.19. The third kappa shape index (κ3) is 2.94. The van der Waals surface area contributed by atoms with Gasteiger partial charge in [-0.1, -0.05) is 0 Å². The molecule has 1 rings (SSSR count). The topological polar surface area (TPSA) is 76.0 Å². The highest BCUT2D eigenvalue weighted by atomic mass is 16.6. The smallest absolute Gasteiger partial charge is 0.335 e. The van der Waals surface area contributed by atoms with E-state index in [9.17, 15) is 9.90 Å².